The normalized spacial score (nSPS) is 13.0. The molecule has 0 aliphatic heterocycles. The molecule has 0 spiro atoms. The second kappa shape index (κ2) is 6.86. The zero-order valence-corrected chi connectivity index (χ0v) is 11.0. The van der Waals surface area contributed by atoms with Gasteiger partial charge in [-0.2, -0.15) is 0 Å². The molecule has 4 nitrogen and oxygen atoms in total. The molecule has 1 heterocycles. The van der Waals surface area contributed by atoms with E-state index in [2.05, 4.69) is 24.2 Å². The summed E-state index contributed by atoms with van der Waals surface area (Å²) in [6, 6.07) is 0.311. The Kier molecular flexibility index (Phi) is 5.77. The molecule has 0 saturated heterocycles. The third-order valence-corrected chi connectivity index (χ3v) is 2.90. The molecule has 0 fully saturated rings. The minimum Gasteiger partial charge on any atom is -0.385 e. The first-order valence-corrected chi connectivity index (χ1v) is 6.25. The molecule has 0 aliphatic rings. The summed E-state index contributed by atoms with van der Waals surface area (Å²) in [5.74, 6) is 0.437. The SMILES string of the molecule is CCCc1c(CCl)nnn1C(C)CCOC. The van der Waals surface area contributed by atoms with E-state index in [0.29, 0.717) is 11.9 Å². The predicted octanol–water partition coefficient (Wildman–Crippen LogP) is 2.57. The van der Waals surface area contributed by atoms with Gasteiger partial charge in [0, 0.05) is 13.7 Å². The maximum Gasteiger partial charge on any atom is 0.101 e. The van der Waals surface area contributed by atoms with Gasteiger partial charge in [-0.05, 0) is 19.8 Å². The number of methoxy groups -OCH3 is 1. The van der Waals surface area contributed by atoms with E-state index >= 15 is 0 Å². The minimum absolute atomic E-state index is 0.311. The molecule has 0 amide bonds. The van der Waals surface area contributed by atoms with Gasteiger partial charge in [0.2, 0.25) is 0 Å². The van der Waals surface area contributed by atoms with Crippen molar-refractivity contribution >= 4 is 11.6 Å². The van der Waals surface area contributed by atoms with Crippen LogP contribution in [0, 0.1) is 0 Å². The summed E-state index contributed by atoms with van der Waals surface area (Å²) < 4.78 is 7.07. The maximum absolute atomic E-state index is 5.85. The predicted molar refractivity (Wildman–Crippen MR) is 64.8 cm³/mol. The number of hydrogen-bond acceptors (Lipinski definition) is 3. The van der Waals surface area contributed by atoms with Gasteiger partial charge >= 0.3 is 0 Å². The van der Waals surface area contributed by atoms with Gasteiger partial charge in [0.25, 0.3) is 0 Å². The average Bonchev–Trinajstić information content (AvgIpc) is 2.69. The van der Waals surface area contributed by atoms with Crippen LogP contribution in [-0.2, 0) is 17.0 Å². The molecule has 0 bridgehead atoms. The van der Waals surface area contributed by atoms with Crippen molar-refractivity contribution in [2.75, 3.05) is 13.7 Å². The summed E-state index contributed by atoms with van der Waals surface area (Å²) in [5.41, 5.74) is 2.08. The topological polar surface area (TPSA) is 39.9 Å². The van der Waals surface area contributed by atoms with E-state index in [1.54, 1.807) is 7.11 Å². The summed E-state index contributed by atoms with van der Waals surface area (Å²) in [4.78, 5) is 0. The Labute approximate surface area is 102 Å². The third-order valence-electron chi connectivity index (χ3n) is 2.64. The average molecular weight is 246 g/mol. The molecule has 0 saturated carbocycles. The molecule has 0 aliphatic carbocycles. The Hall–Kier alpha value is -0.610. The third kappa shape index (κ3) is 3.19. The van der Waals surface area contributed by atoms with E-state index in [-0.39, 0.29) is 0 Å². The summed E-state index contributed by atoms with van der Waals surface area (Å²) in [7, 11) is 1.71. The first kappa shape index (κ1) is 13.5. The molecule has 0 N–H and O–H groups in total. The number of alkyl halides is 1. The molecule has 1 aromatic rings. The Balaban J connectivity index is 2.81. The van der Waals surface area contributed by atoms with Gasteiger partial charge in [-0.3, -0.25) is 0 Å². The Morgan fingerprint density at radius 3 is 2.81 bits per heavy atom. The van der Waals surface area contributed by atoms with Gasteiger partial charge in [-0.25, -0.2) is 4.68 Å². The van der Waals surface area contributed by atoms with Crippen LogP contribution in [0.15, 0.2) is 0 Å². The van der Waals surface area contributed by atoms with Crippen LogP contribution in [0.2, 0.25) is 0 Å². The lowest BCUT2D eigenvalue weighted by Crippen LogP contribution is -2.13. The van der Waals surface area contributed by atoms with E-state index < -0.39 is 0 Å². The molecule has 16 heavy (non-hydrogen) atoms. The number of rotatable bonds is 7. The summed E-state index contributed by atoms with van der Waals surface area (Å²) in [6.45, 7) is 5.02. The van der Waals surface area contributed by atoms with Crippen LogP contribution in [0.5, 0.6) is 0 Å². The van der Waals surface area contributed by atoms with Gasteiger partial charge in [0.05, 0.1) is 17.6 Å². The molecule has 1 aromatic heterocycles. The summed E-state index contributed by atoms with van der Waals surface area (Å²) in [5, 5.41) is 8.31. The first-order chi connectivity index (χ1) is 7.74. The number of halogens is 1. The zero-order chi connectivity index (χ0) is 12.0. The van der Waals surface area contributed by atoms with E-state index in [0.717, 1.165) is 31.6 Å². The van der Waals surface area contributed by atoms with Gasteiger partial charge in [-0.1, -0.05) is 18.6 Å². The minimum atomic E-state index is 0.311. The monoisotopic (exact) mass is 245 g/mol. The van der Waals surface area contributed by atoms with Gasteiger partial charge in [-0.15, -0.1) is 16.7 Å². The highest BCUT2D eigenvalue weighted by Gasteiger charge is 2.15. The molecule has 1 unspecified atom stereocenters. The Bertz CT molecular complexity index is 314. The number of hydrogen-bond donors (Lipinski definition) is 0. The van der Waals surface area contributed by atoms with Crippen molar-refractivity contribution in [3.63, 3.8) is 0 Å². The second-order valence-electron chi connectivity index (χ2n) is 3.94. The smallest absolute Gasteiger partial charge is 0.101 e. The van der Waals surface area contributed by atoms with Crippen LogP contribution in [0.25, 0.3) is 0 Å². The van der Waals surface area contributed by atoms with E-state index in [1.165, 1.54) is 5.69 Å². The van der Waals surface area contributed by atoms with Crippen molar-refractivity contribution in [3.05, 3.63) is 11.4 Å². The number of nitrogens with zero attached hydrogens (tertiary/aromatic N) is 3. The Morgan fingerprint density at radius 1 is 1.50 bits per heavy atom. The molecule has 0 aromatic carbocycles. The van der Waals surface area contributed by atoms with Gasteiger partial charge in [0.15, 0.2) is 0 Å². The van der Waals surface area contributed by atoms with Crippen LogP contribution in [0.1, 0.15) is 44.1 Å². The molecule has 5 heteroatoms. The lowest BCUT2D eigenvalue weighted by Gasteiger charge is -2.14. The summed E-state index contributed by atoms with van der Waals surface area (Å²) >= 11 is 5.85. The second-order valence-corrected chi connectivity index (χ2v) is 4.21. The fourth-order valence-electron chi connectivity index (χ4n) is 1.71. The van der Waals surface area contributed by atoms with E-state index in [9.17, 15) is 0 Å². The van der Waals surface area contributed by atoms with Crippen LogP contribution >= 0.6 is 11.6 Å². The fourth-order valence-corrected chi connectivity index (χ4v) is 1.92. The fraction of sp³-hybridized carbons (Fsp3) is 0.818. The molecule has 92 valence electrons. The van der Waals surface area contributed by atoms with Crippen molar-refractivity contribution in [2.45, 2.75) is 45.0 Å². The highest BCUT2D eigenvalue weighted by atomic mass is 35.5. The lowest BCUT2D eigenvalue weighted by molar-refractivity contribution is 0.177. The molecule has 0 radical (unpaired) electrons. The highest BCUT2D eigenvalue weighted by molar-refractivity contribution is 6.16. The molecule has 1 rings (SSSR count). The Morgan fingerprint density at radius 2 is 2.25 bits per heavy atom. The number of aromatic nitrogens is 3. The zero-order valence-electron chi connectivity index (χ0n) is 10.2. The molecular weight excluding hydrogens is 226 g/mol. The molecule has 1 atom stereocenters. The van der Waals surface area contributed by atoms with Gasteiger partial charge < -0.3 is 4.74 Å². The van der Waals surface area contributed by atoms with E-state index in [1.807, 2.05) is 4.68 Å². The van der Waals surface area contributed by atoms with Crippen LogP contribution in [0.4, 0.5) is 0 Å². The maximum atomic E-state index is 5.85. The highest BCUT2D eigenvalue weighted by Crippen LogP contribution is 2.17. The standard InChI is InChI=1S/C11H20ClN3O/c1-4-5-11-10(8-12)13-14-15(11)9(2)6-7-16-3/h9H,4-8H2,1-3H3. The quantitative estimate of drug-likeness (QED) is 0.694. The van der Waals surface area contributed by atoms with Crippen LogP contribution < -0.4 is 0 Å². The molecular formula is C11H20ClN3O. The van der Waals surface area contributed by atoms with Gasteiger partial charge in [0.1, 0.15) is 5.69 Å². The van der Waals surface area contributed by atoms with Crippen molar-refractivity contribution in [3.8, 4) is 0 Å². The lowest BCUT2D eigenvalue weighted by atomic mass is 10.2. The van der Waals surface area contributed by atoms with Crippen molar-refractivity contribution in [1.29, 1.82) is 0 Å². The number of ether oxygens (including phenoxy) is 1. The first-order valence-electron chi connectivity index (χ1n) is 5.72. The van der Waals surface area contributed by atoms with Crippen molar-refractivity contribution in [1.82, 2.24) is 15.0 Å². The van der Waals surface area contributed by atoms with Crippen molar-refractivity contribution < 1.29 is 4.74 Å². The largest absolute Gasteiger partial charge is 0.385 e. The van der Waals surface area contributed by atoms with E-state index in [4.69, 9.17) is 16.3 Å². The van der Waals surface area contributed by atoms with Crippen LogP contribution in [-0.4, -0.2) is 28.7 Å². The van der Waals surface area contributed by atoms with Crippen molar-refractivity contribution in [2.24, 2.45) is 0 Å². The summed E-state index contributed by atoms with van der Waals surface area (Å²) in [6.07, 6.45) is 3.00. The van der Waals surface area contributed by atoms with Crippen LogP contribution in [0.3, 0.4) is 0 Å².